The van der Waals surface area contributed by atoms with Gasteiger partial charge in [-0.1, -0.05) is 44.2 Å². The van der Waals surface area contributed by atoms with E-state index in [0.717, 1.165) is 5.56 Å². The predicted molar refractivity (Wildman–Crippen MR) is 62.1 cm³/mol. The highest BCUT2D eigenvalue weighted by molar-refractivity contribution is 7.46. The normalized spacial score (nSPS) is 12.8. The Kier molecular flexibility index (Phi) is 4.28. The van der Waals surface area contributed by atoms with Gasteiger partial charge in [-0.05, 0) is 17.4 Å². The average Bonchev–Trinajstić information content (AvgIpc) is 2.17. The van der Waals surface area contributed by atoms with Crippen molar-refractivity contribution < 1.29 is 18.9 Å². The number of rotatable bonds is 5. The summed E-state index contributed by atoms with van der Waals surface area (Å²) in [6.07, 6.45) is 0.558. The first-order valence-corrected chi connectivity index (χ1v) is 6.60. The molecule has 0 aromatic heterocycles. The molecule has 2 N–H and O–H groups in total. The highest BCUT2D eigenvalue weighted by Gasteiger charge is 2.22. The third-order valence-electron chi connectivity index (χ3n) is 2.54. The molecule has 5 heteroatoms. The minimum absolute atomic E-state index is 0.0478. The molecule has 0 fully saturated rings. The van der Waals surface area contributed by atoms with Gasteiger partial charge in [-0.3, -0.25) is 4.52 Å². The van der Waals surface area contributed by atoms with Gasteiger partial charge in [-0.2, -0.15) is 0 Å². The van der Waals surface area contributed by atoms with Gasteiger partial charge in [0.15, 0.2) is 0 Å². The number of phosphoric acid groups is 1. The molecule has 1 aromatic rings. The van der Waals surface area contributed by atoms with Crippen LogP contribution in [-0.4, -0.2) is 16.4 Å². The van der Waals surface area contributed by atoms with E-state index in [9.17, 15) is 4.57 Å². The maximum atomic E-state index is 10.5. The SMILES string of the molecule is CC(C)(CCOP(=O)(O)O)c1ccccc1. The van der Waals surface area contributed by atoms with Crippen molar-refractivity contribution in [2.24, 2.45) is 0 Å². The lowest BCUT2D eigenvalue weighted by molar-refractivity contribution is 0.182. The third-order valence-corrected chi connectivity index (χ3v) is 3.06. The molecule has 0 aliphatic heterocycles. The topological polar surface area (TPSA) is 66.8 Å². The summed E-state index contributed by atoms with van der Waals surface area (Å²) in [4.78, 5) is 17.1. The Morgan fingerprint density at radius 1 is 1.25 bits per heavy atom. The fraction of sp³-hybridized carbons (Fsp3) is 0.455. The standard InChI is InChI=1S/C11H17O4P/c1-11(2,8-9-15-16(12,13)14)10-6-4-3-5-7-10/h3-7H,8-9H2,1-2H3,(H2,12,13,14). The molecular weight excluding hydrogens is 227 g/mol. The van der Waals surface area contributed by atoms with Crippen molar-refractivity contribution in [1.29, 1.82) is 0 Å². The van der Waals surface area contributed by atoms with Crippen LogP contribution < -0.4 is 0 Å². The third kappa shape index (κ3) is 4.45. The van der Waals surface area contributed by atoms with Gasteiger partial charge in [0.05, 0.1) is 6.61 Å². The van der Waals surface area contributed by atoms with Crippen molar-refractivity contribution in [1.82, 2.24) is 0 Å². The van der Waals surface area contributed by atoms with Crippen LogP contribution in [0.2, 0.25) is 0 Å². The van der Waals surface area contributed by atoms with Gasteiger partial charge in [0.25, 0.3) is 0 Å². The van der Waals surface area contributed by atoms with Crippen LogP contribution in [0.1, 0.15) is 25.8 Å². The van der Waals surface area contributed by atoms with Crippen LogP contribution >= 0.6 is 7.82 Å². The summed E-state index contributed by atoms with van der Waals surface area (Å²) in [5, 5.41) is 0. The Balaban J connectivity index is 2.56. The van der Waals surface area contributed by atoms with Crippen LogP contribution in [0.3, 0.4) is 0 Å². The molecule has 4 nitrogen and oxygen atoms in total. The molecule has 0 unspecified atom stereocenters. The molecule has 0 amide bonds. The van der Waals surface area contributed by atoms with Gasteiger partial charge in [0.2, 0.25) is 0 Å². The molecule has 0 radical (unpaired) electrons. The molecule has 0 saturated carbocycles. The number of benzene rings is 1. The molecule has 1 rings (SSSR count). The van der Waals surface area contributed by atoms with E-state index >= 15 is 0 Å². The van der Waals surface area contributed by atoms with Crippen LogP contribution in [0.15, 0.2) is 30.3 Å². The summed E-state index contributed by atoms with van der Waals surface area (Å²) in [5.74, 6) is 0. The van der Waals surface area contributed by atoms with Gasteiger partial charge in [-0.25, -0.2) is 4.57 Å². The summed E-state index contributed by atoms with van der Waals surface area (Å²) >= 11 is 0. The lowest BCUT2D eigenvalue weighted by atomic mass is 9.82. The van der Waals surface area contributed by atoms with Crippen molar-refractivity contribution in [3.63, 3.8) is 0 Å². The average molecular weight is 244 g/mol. The highest BCUT2D eigenvalue weighted by atomic mass is 31.2. The summed E-state index contributed by atoms with van der Waals surface area (Å²) in [5.41, 5.74) is 0.973. The van der Waals surface area contributed by atoms with Crippen LogP contribution in [0, 0.1) is 0 Å². The molecule has 90 valence electrons. The number of phosphoric ester groups is 1. The van der Waals surface area contributed by atoms with E-state index in [1.807, 2.05) is 44.2 Å². The number of hydrogen-bond acceptors (Lipinski definition) is 2. The van der Waals surface area contributed by atoms with Gasteiger partial charge < -0.3 is 9.79 Å². The molecule has 0 heterocycles. The quantitative estimate of drug-likeness (QED) is 0.781. The smallest absolute Gasteiger partial charge is 0.303 e. The molecular formula is C11H17O4P. The van der Waals surface area contributed by atoms with Gasteiger partial charge in [0.1, 0.15) is 0 Å². The van der Waals surface area contributed by atoms with Crippen LogP contribution in [-0.2, 0) is 14.5 Å². The van der Waals surface area contributed by atoms with Crippen LogP contribution in [0.4, 0.5) is 0 Å². The fourth-order valence-corrected chi connectivity index (χ4v) is 1.78. The van der Waals surface area contributed by atoms with E-state index in [0.29, 0.717) is 6.42 Å². The van der Waals surface area contributed by atoms with E-state index in [-0.39, 0.29) is 12.0 Å². The Hall–Kier alpha value is -0.670. The molecule has 0 spiro atoms. The van der Waals surface area contributed by atoms with Crippen molar-refractivity contribution >= 4 is 7.82 Å². The Labute approximate surface area is 95.5 Å². The molecule has 0 saturated heterocycles. The van der Waals surface area contributed by atoms with E-state index in [1.54, 1.807) is 0 Å². The summed E-state index contributed by atoms with van der Waals surface area (Å²) < 4.78 is 15.0. The zero-order valence-electron chi connectivity index (χ0n) is 9.46. The predicted octanol–water partition coefficient (Wildman–Crippen LogP) is 2.46. The minimum Gasteiger partial charge on any atom is -0.303 e. The Morgan fingerprint density at radius 3 is 2.31 bits per heavy atom. The van der Waals surface area contributed by atoms with E-state index < -0.39 is 7.82 Å². The van der Waals surface area contributed by atoms with Gasteiger partial charge in [-0.15, -0.1) is 0 Å². The minimum atomic E-state index is -4.34. The van der Waals surface area contributed by atoms with Crippen molar-refractivity contribution in [2.45, 2.75) is 25.7 Å². The second kappa shape index (κ2) is 5.11. The lowest BCUT2D eigenvalue weighted by Crippen LogP contribution is -2.19. The Bertz CT molecular complexity index is 369. The second-order valence-electron chi connectivity index (χ2n) is 4.32. The first kappa shape index (κ1) is 13.4. The van der Waals surface area contributed by atoms with E-state index in [2.05, 4.69) is 4.52 Å². The van der Waals surface area contributed by atoms with Crippen LogP contribution in [0.5, 0.6) is 0 Å². The van der Waals surface area contributed by atoms with Gasteiger partial charge >= 0.3 is 7.82 Å². The molecule has 0 bridgehead atoms. The van der Waals surface area contributed by atoms with Gasteiger partial charge in [0, 0.05) is 0 Å². The molecule has 0 aliphatic rings. The first-order chi connectivity index (χ1) is 7.31. The molecule has 0 aliphatic carbocycles. The largest absolute Gasteiger partial charge is 0.469 e. The molecule has 1 aromatic carbocycles. The van der Waals surface area contributed by atoms with E-state index in [4.69, 9.17) is 9.79 Å². The lowest BCUT2D eigenvalue weighted by Gasteiger charge is -2.25. The number of hydrogen-bond donors (Lipinski definition) is 2. The second-order valence-corrected chi connectivity index (χ2v) is 5.56. The van der Waals surface area contributed by atoms with E-state index in [1.165, 1.54) is 0 Å². The maximum absolute atomic E-state index is 10.5. The summed E-state index contributed by atoms with van der Waals surface area (Å²) in [7, 11) is -4.34. The first-order valence-electron chi connectivity index (χ1n) is 5.07. The zero-order chi connectivity index (χ0) is 12.2. The monoisotopic (exact) mass is 244 g/mol. The van der Waals surface area contributed by atoms with Crippen molar-refractivity contribution in [2.75, 3.05) is 6.61 Å². The maximum Gasteiger partial charge on any atom is 0.469 e. The molecule has 16 heavy (non-hydrogen) atoms. The highest BCUT2D eigenvalue weighted by Crippen LogP contribution is 2.37. The fourth-order valence-electron chi connectivity index (χ4n) is 1.45. The van der Waals surface area contributed by atoms with Crippen molar-refractivity contribution in [3.05, 3.63) is 35.9 Å². The summed E-state index contributed by atoms with van der Waals surface area (Å²) in [6, 6.07) is 9.82. The molecule has 0 atom stereocenters. The Morgan fingerprint density at radius 2 is 1.81 bits per heavy atom. The van der Waals surface area contributed by atoms with Crippen molar-refractivity contribution in [3.8, 4) is 0 Å². The van der Waals surface area contributed by atoms with Crippen LogP contribution in [0.25, 0.3) is 0 Å². The zero-order valence-corrected chi connectivity index (χ0v) is 10.4. The summed E-state index contributed by atoms with van der Waals surface area (Å²) in [6.45, 7) is 4.09.